The molecule has 2 aliphatic rings. The van der Waals surface area contributed by atoms with E-state index in [-0.39, 0.29) is 27.4 Å². The molecule has 1 aromatic carbocycles. The van der Waals surface area contributed by atoms with E-state index in [1.165, 1.54) is 13.2 Å². The van der Waals surface area contributed by atoms with Crippen LogP contribution in [-0.2, 0) is 0 Å². The lowest BCUT2D eigenvalue weighted by Crippen LogP contribution is -2.34. The van der Waals surface area contributed by atoms with Gasteiger partial charge in [0.15, 0.2) is 17.3 Å². The van der Waals surface area contributed by atoms with E-state index in [9.17, 15) is 15.2 Å². The number of anilines is 1. The first kappa shape index (κ1) is 22.0. The molecular weight excluding hydrogens is 443 g/mol. The lowest BCUT2D eigenvalue weighted by atomic mass is 10.00. The van der Waals surface area contributed by atoms with E-state index in [2.05, 4.69) is 25.9 Å². The van der Waals surface area contributed by atoms with E-state index in [1.807, 2.05) is 15.5 Å². The number of fused-ring (bicyclic) bond motifs is 2. The minimum atomic E-state index is -0.508. The molecule has 3 heterocycles. The zero-order chi connectivity index (χ0) is 23.6. The molecule has 1 aliphatic carbocycles. The Bertz CT molecular complexity index is 1370. The smallest absolute Gasteiger partial charge is 0.202 e. The van der Waals surface area contributed by atoms with Crippen LogP contribution in [0.3, 0.4) is 0 Å². The van der Waals surface area contributed by atoms with Crippen molar-refractivity contribution < 1.29 is 14.2 Å². The second kappa shape index (κ2) is 7.89. The molecule has 1 saturated heterocycles. The Morgan fingerprint density at radius 2 is 2.09 bits per heavy atom. The van der Waals surface area contributed by atoms with Crippen molar-refractivity contribution in [2.24, 2.45) is 5.92 Å². The number of nitriles is 1. The summed E-state index contributed by atoms with van der Waals surface area (Å²) in [5, 5.41) is 20.2. The molecule has 2 atom stereocenters. The van der Waals surface area contributed by atoms with Crippen molar-refractivity contribution in [2.75, 3.05) is 39.2 Å². The van der Waals surface area contributed by atoms with Crippen LogP contribution in [0.25, 0.3) is 21.1 Å². The number of aromatic hydroxyl groups is 1. The molecule has 9 heteroatoms. The van der Waals surface area contributed by atoms with Gasteiger partial charge in [0.1, 0.15) is 26.9 Å². The molecular formula is C24H27FN4O3S. The average molecular weight is 471 g/mol. The zero-order valence-electron chi connectivity index (χ0n) is 19.2. The molecule has 0 bridgehead atoms. The number of nitrogens with zero attached hydrogens (tertiary/aromatic N) is 4. The van der Waals surface area contributed by atoms with E-state index in [0.29, 0.717) is 46.8 Å². The highest BCUT2D eigenvalue weighted by Gasteiger charge is 2.36. The number of rotatable bonds is 5. The number of benzene rings is 1. The molecule has 0 spiro atoms. The Kier molecular flexibility index (Phi) is 5.26. The van der Waals surface area contributed by atoms with Gasteiger partial charge < -0.3 is 24.2 Å². The molecule has 0 radical (unpaired) electrons. The number of pyridine rings is 1. The minimum absolute atomic E-state index is 0.0891. The molecule has 174 valence electrons. The fraction of sp³-hybridized carbons (Fsp3) is 0.500. The SMILES string of the molecule is COc1c(N2CCC(C(C)N(C)C)C2)c(F)cc2c(=O)c3c(O)c(C#N)sc3n(C3CC3)c12. The van der Waals surface area contributed by atoms with Gasteiger partial charge in [-0.2, -0.15) is 5.26 Å². The predicted octanol–water partition coefficient (Wildman–Crippen LogP) is 4.05. The normalized spacial score (nSPS) is 19.5. The summed E-state index contributed by atoms with van der Waals surface area (Å²) in [4.78, 5) is 18.2. The predicted molar refractivity (Wildman–Crippen MR) is 128 cm³/mol. The monoisotopic (exact) mass is 470 g/mol. The van der Waals surface area contributed by atoms with Crippen molar-refractivity contribution >= 4 is 38.1 Å². The number of hydrogen-bond acceptors (Lipinski definition) is 7. The summed E-state index contributed by atoms with van der Waals surface area (Å²) >= 11 is 1.10. The van der Waals surface area contributed by atoms with Gasteiger partial charge in [0.05, 0.1) is 18.0 Å². The Hall–Kier alpha value is -2.83. The molecule has 1 N–H and O–H groups in total. The third-order valence-electron chi connectivity index (χ3n) is 7.23. The topological polar surface area (TPSA) is 81.7 Å². The quantitative estimate of drug-likeness (QED) is 0.606. The first-order chi connectivity index (χ1) is 15.8. The van der Waals surface area contributed by atoms with Crippen molar-refractivity contribution in [3.8, 4) is 17.6 Å². The lowest BCUT2D eigenvalue weighted by molar-refractivity contribution is 0.240. The minimum Gasteiger partial charge on any atom is -0.505 e. The van der Waals surface area contributed by atoms with E-state index >= 15 is 4.39 Å². The van der Waals surface area contributed by atoms with E-state index in [1.54, 1.807) is 0 Å². The van der Waals surface area contributed by atoms with Gasteiger partial charge in [-0.25, -0.2) is 4.39 Å². The molecule has 0 amide bonds. The maximum atomic E-state index is 15.6. The highest BCUT2D eigenvalue weighted by Crippen LogP contribution is 2.48. The van der Waals surface area contributed by atoms with Gasteiger partial charge in [0.25, 0.3) is 0 Å². The maximum absolute atomic E-state index is 15.6. The summed E-state index contributed by atoms with van der Waals surface area (Å²) in [6.07, 6.45) is 2.77. The summed E-state index contributed by atoms with van der Waals surface area (Å²) in [6, 6.07) is 3.72. The van der Waals surface area contributed by atoms with E-state index in [4.69, 9.17) is 4.74 Å². The largest absolute Gasteiger partial charge is 0.505 e. The number of halogens is 1. The van der Waals surface area contributed by atoms with Gasteiger partial charge in [-0.15, -0.1) is 11.3 Å². The van der Waals surface area contributed by atoms with E-state index in [0.717, 1.165) is 30.6 Å². The first-order valence-corrected chi connectivity index (χ1v) is 12.0. The molecule has 33 heavy (non-hydrogen) atoms. The second-order valence-electron chi connectivity index (χ2n) is 9.34. The number of hydrogen-bond donors (Lipinski definition) is 1. The Balaban J connectivity index is 1.78. The van der Waals surface area contributed by atoms with Crippen LogP contribution in [0.1, 0.15) is 37.1 Å². The van der Waals surface area contributed by atoms with Gasteiger partial charge in [0, 0.05) is 25.2 Å². The Morgan fingerprint density at radius 1 is 1.36 bits per heavy atom. The van der Waals surface area contributed by atoms with Gasteiger partial charge in [-0.1, -0.05) is 0 Å². The van der Waals surface area contributed by atoms with Crippen molar-refractivity contribution in [3.05, 3.63) is 27.0 Å². The molecule has 7 nitrogen and oxygen atoms in total. The Morgan fingerprint density at radius 3 is 2.70 bits per heavy atom. The van der Waals surface area contributed by atoms with Crippen molar-refractivity contribution in [1.29, 1.82) is 5.26 Å². The van der Waals surface area contributed by atoms with Crippen LogP contribution < -0.4 is 15.1 Å². The summed E-state index contributed by atoms with van der Waals surface area (Å²) < 4.78 is 23.4. The molecule has 1 aliphatic heterocycles. The zero-order valence-corrected chi connectivity index (χ0v) is 20.0. The van der Waals surface area contributed by atoms with Crippen molar-refractivity contribution in [2.45, 2.75) is 38.3 Å². The van der Waals surface area contributed by atoms with Crippen LogP contribution in [-0.4, -0.2) is 54.9 Å². The lowest BCUT2D eigenvalue weighted by Gasteiger charge is -2.28. The summed E-state index contributed by atoms with van der Waals surface area (Å²) in [6.45, 7) is 3.59. The fourth-order valence-corrected chi connectivity index (χ4v) is 6.16. The molecule has 2 aromatic heterocycles. The number of methoxy groups -OCH3 is 1. The fourth-order valence-electron chi connectivity index (χ4n) is 5.09. The third kappa shape index (κ3) is 3.27. The van der Waals surface area contributed by atoms with Gasteiger partial charge >= 0.3 is 0 Å². The van der Waals surface area contributed by atoms with Crippen LogP contribution in [0.4, 0.5) is 10.1 Å². The van der Waals surface area contributed by atoms with Crippen LogP contribution >= 0.6 is 11.3 Å². The van der Waals surface area contributed by atoms with Crippen molar-refractivity contribution in [3.63, 3.8) is 0 Å². The van der Waals surface area contributed by atoms with Crippen LogP contribution in [0.15, 0.2) is 10.9 Å². The number of aromatic nitrogens is 1. The summed E-state index contributed by atoms with van der Waals surface area (Å²) in [7, 11) is 5.61. The third-order valence-corrected chi connectivity index (χ3v) is 8.32. The summed E-state index contributed by atoms with van der Waals surface area (Å²) in [5.41, 5.74) is 0.452. The van der Waals surface area contributed by atoms with Crippen LogP contribution in [0, 0.1) is 23.1 Å². The molecule has 2 fully saturated rings. The summed E-state index contributed by atoms with van der Waals surface area (Å²) in [5.74, 6) is -0.0883. The van der Waals surface area contributed by atoms with Gasteiger partial charge in [0.2, 0.25) is 5.43 Å². The Labute approximate surface area is 195 Å². The van der Waals surface area contributed by atoms with E-state index < -0.39 is 11.2 Å². The highest BCUT2D eigenvalue weighted by atomic mass is 32.1. The number of thiophene rings is 1. The van der Waals surface area contributed by atoms with Crippen LogP contribution in [0.2, 0.25) is 0 Å². The van der Waals surface area contributed by atoms with Gasteiger partial charge in [-0.3, -0.25) is 4.79 Å². The second-order valence-corrected chi connectivity index (χ2v) is 10.3. The molecule has 1 saturated carbocycles. The molecule has 2 unspecified atom stereocenters. The van der Waals surface area contributed by atoms with Crippen LogP contribution in [0.5, 0.6) is 11.5 Å². The van der Waals surface area contributed by atoms with Crippen molar-refractivity contribution in [1.82, 2.24) is 9.47 Å². The van der Waals surface area contributed by atoms with Gasteiger partial charge in [-0.05, 0) is 52.3 Å². The first-order valence-electron chi connectivity index (χ1n) is 11.2. The molecule has 3 aromatic rings. The standard InChI is InChI=1S/C24H27FN4O3S/c1-12(27(2)3)13-7-8-28(11-13)20-16(25)9-15-19(23(20)32-4)29(14-5-6-14)24-18(21(15)30)22(31)17(10-26)33-24/h9,12-14,31H,5-8,11H2,1-4H3. The molecule has 5 rings (SSSR count). The highest BCUT2D eigenvalue weighted by molar-refractivity contribution is 7.19. The number of ether oxygens (including phenoxy) is 1. The maximum Gasteiger partial charge on any atom is 0.202 e. The average Bonchev–Trinajstić information content (AvgIpc) is 3.41.